The molecule has 6 heteroatoms. The highest BCUT2D eigenvalue weighted by molar-refractivity contribution is 7.89. The summed E-state index contributed by atoms with van der Waals surface area (Å²) in [7, 11) is -3.78. The minimum atomic E-state index is -3.78. The van der Waals surface area contributed by atoms with Crippen molar-refractivity contribution in [3.8, 4) is 0 Å². The van der Waals surface area contributed by atoms with Gasteiger partial charge in [-0.25, -0.2) is 8.42 Å². The topological polar surface area (TPSA) is 67.6 Å². The van der Waals surface area contributed by atoms with Crippen molar-refractivity contribution in [2.75, 3.05) is 0 Å². The van der Waals surface area contributed by atoms with E-state index in [2.05, 4.69) is 0 Å². The summed E-state index contributed by atoms with van der Waals surface area (Å²) in [5, 5.41) is -0.214. The Kier molecular flexibility index (Phi) is 4.59. The third-order valence-electron chi connectivity index (χ3n) is 3.04. The second kappa shape index (κ2) is 6.24. The summed E-state index contributed by atoms with van der Waals surface area (Å²) in [6.45, 7) is 3.84. The molecule has 0 aliphatic heterocycles. The molecule has 0 fully saturated rings. The quantitative estimate of drug-likeness (QED) is 0.770. The SMILES string of the molecule is CC(C)N(Cc1ccccc1)S(=O)(=O)c1ccc(C=O)o1. The van der Waals surface area contributed by atoms with E-state index in [9.17, 15) is 13.2 Å². The summed E-state index contributed by atoms with van der Waals surface area (Å²) in [5.41, 5.74) is 0.886. The van der Waals surface area contributed by atoms with Crippen molar-refractivity contribution in [2.45, 2.75) is 31.5 Å². The Labute approximate surface area is 124 Å². The highest BCUT2D eigenvalue weighted by atomic mass is 32.2. The van der Waals surface area contributed by atoms with Crippen molar-refractivity contribution in [1.29, 1.82) is 0 Å². The molecular formula is C15H17NO4S. The first-order valence-electron chi connectivity index (χ1n) is 6.56. The second-order valence-corrected chi connectivity index (χ2v) is 6.73. The molecular weight excluding hydrogens is 290 g/mol. The molecule has 21 heavy (non-hydrogen) atoms. The summed E-state index contributed by atoms with van der Waals surface area (Å²) >= 11 is 0. The van der Waals surface area contributed by atoms with E-state index in [4.69, 9.17) is 4.42 Å². The molecule has 0 atom stereocenters. The second-order valence-electron chi connectivity index (χ2n) is 4.90. The number of hydrogen-bond acceptors (Lipinski definition) is 4. The monoisotopic (exact) mass is 307 g/mol. The molecule has 0 spiro atoms. The summed E-state index contributed by atoms with van der Waals surface area (Å²) in [6.07, 6.45) is 0.482. The zero-order valence-corrected chi connectivity index (χ0v) is 12.7. The third kappa shape index (κ3) is 3.40. The van der Waals surface area contributed by atoms with Crippen molar-refractivity contribution in [3.63, 3.8) is 0 Å². The van der Waals surface area contributed by atoms with E-state index in [-0.39, 0.29) is 23.4 Å². The van der Waals surface area contributed by atoms with Crippen molar-refractivity contribution in [1.82, 2.24) is 4.31 Å². The number of carbonyl (C=O) groups excluding carboxylic acids is 1. The van der Waals surface area contributed by atoms with Gasteiger partial charge >= 0.3 is 0 Å². The minimum absolute atomic E-state index is 0.00278. The van der Waals surface area contributed by atoms with E-state index in [1.165, 1.54) is 16.4 Å². The molecule has 0 N–H and O–H groups in total. The molecule has 0 saturated carbocycles. The molecule has 1 aromatic carbocycles. The van der Waals surface area contributed by atoms with Crippen LogP contribution < -0.4 is 0 Å². The van der Waals surface area contributed by atoms with Crippen LogP contribution in [0.25, 0.3) is 0 Å². The standard InChI is InChI=1S/C15H17NO4S/c1-12(2)16(10-13-6-4-3-5-7-13)21(18,19)15-9-8-14(11-17)20-15/h3-9,11-12H,10H2,1-2H3. The fraction of sp³-hybridized carbons (Fsp3) is 0.267. The van der Waals surface area contributed by atoms with E-state index in [1.54, 1.807) is 13.8 Å². The average Bonchev–Trinajstić information content (AvgIpc) is 2.95. The maximum atomic E-state index is 12.6. The van der Waals surface area contributed by atoms with E-state index < -0.39 is 10.0 Å². The zero-order chi connectivity index (χ0) is 15.5. The first kappa shape index (κ1) is 15.5. The minimum Gasteiger partial charge on any atom is -0.440 e. The summed E-state index contributed by atoms with van der Waals surface area (Å²) in [6, 6.07) is 11.7. The van der Waals surface area contributed by atoms with Crippen molar-refractivity contribution < 1.29 is 17.6 Å². The Bertz CT molecular complexity index is 704. The Morgan fingerprint density at radius 3 is 2.33 bits per heavy atom. The molecule has 0 aliphatic carbocycles. The van der Waals surface area contributed by atoms with Crippen LogP contribution in [0.2, 0.25) is 0 Å². The predicted molar refractivity (Wildman–Crippen MR) is 78.4 cm³/mol. The van der Waals surface area contributed by atoms with E-state index in [0.717, 1.165) is 5.56 Å². The van der Waals surface area contributed by atoms with Gasteiger partial charge in [0, 0.05) is 12.6 Å². The van der Waals surface area contributed by atoms with E-state index >= 15 is 0 Å². The number of benzene rings is 1. The van der Waals surface area contributed by atoms with E-state index in [1.807, 2.05) is 30.3 Å². The lowest BCUT2D eigenvalue weighted by molar-refractivity contribution is 0.109. The first-order valence-corrected chi connectivity index (χ1v) is 8.00. The Morgan fingerprint density at radius 2 is 1.81 bits per heavy atom. The van der Waals surface area contributed by atoms with Gasteiger partial charge in [-0.05, 0) is 31.5 Å². The van der Waals surface area contributed by atoms with Gasteiger partial charge in [0.2, 0.25) is 5.09 Å². The third-order valence-corrected chi connectivity index (χ3v) is 4.93. The maximum Gasteiger partial charge on any atom is 0.277 e. The first-order chi connectivity index (χ1) is 9.95. The van der Waals surface area contributed by atoms with Gasteiger partial charge < -0.3 is 4.42 Å². The van der Waals surface area contributed by atoms with Crippen LogP contribution >= 0.6 is 0 Å². The molecule has 2 aromatic rings. The van der Waals surface area contributed by atoms with Crippen LogP contribution in [-0.4, -0.2) is 25.1 Å². The zero-order valence-electron chi connectivity index (χ0n) is 11.9. The fourth-order valence-electron chi connectivity index (χ4n) is 1.96. The Hall–Kier alpha value is -1.92. The molecule has 1 heterocycles. The van der Waals surface area contributed by atoms with Crippen LogP contribution in [0, 0.1) is 0 Å². The summed E-state index contributed by atoms with van der Waals surface area (Å²) < 4.78 is 31.7. The molecule has 1 aromatic heterocycles. The number of furan rings is 1. The number of nitrogens with zero attached hydrogens (tertiary/aromatic N) is 1. The van der Waals surface area contributed by atoms with Crippen LogP contribution in [0.1, 0.15) is 30.0 Å². The molecule has 5 nitrogen and oxygen atoms in total. The largest absolute Gasteiger partial charge is 0.440 e. The molecule has 2 rings (SSSR count). The van der Waals surface area contributed by atoms with Crippen LogP contribution in [0.5, 0.6) is 0 Å². The molecule has 0 amide bonds. The molecule has 0 radical (unpaired) electrons. The fourth-order valence-corrected chi connectivity index (χ4v) is 3.51. The Morgan fingerprint density at radius 1 is 1.14 bits per heavy atom. The lowest BCUT2D eigenvalue weighted by atomic mass is 10.2. The highest BCUT2D eigenvalue weighted by Crippen LogP contribution is 2.22. The molecule has 0 unspecified atom stereocenters. The van der Waals surface area contributed by atoms with Crippen LogP contribution in [0.3, 0.4) is 0 Å². The summed E-state index contributed by atoms with van der Waals surface area (Å²) in [4.78, 5) is 10.6. The lowest BCUT2D eigenvalue weighted by Crippen LogP contribution is -2.36. The van der Waals surface area contributed by atoms with Crippen LogP contribution in [0.4, 0.5) is 0 Å². The summed E-state index contributed by atoms with van der Waals surface area (Å²) in [5.74, 6) is -0.00278. The predicted octanol–water partition coefficient (Wildman–Crippen LogP) is 2.69. The van der Waals surface area contributed by atoms with Crippen LogP contribution in [0.15, 0.2) is 52.0 Å². The van der Waals surface area contributed by atoms with Crippen molar-refractivity contribution in [3.05, 3.63) is 53.8 Å². The van der Waals surface area contributed by atoms with Gasteiger partial charge in [-0.15, -0.1) is 0 Å². The molecule has 112 valence electrons. The number of hydrogen-bond donors (Lipinski definition) is 0. The lowest BCUT2D eigenvalue weighted by Gasteiger charge is -2.24. The van der Waals surface area contributed by atoms with Crippen molar-refractivity contribution >= 4 is 16.3 Å². The van der Waals surface area contributed by atoms with Gasteiger partial charge in [0.15, 0.2) is 12.0 Å². The highest BCUT2D eigenvalue weighted by Gasteiger charge is 2.30. The van der Waals surface area contributed by atoms with Gasteiger partial charge in [-0.3, -0.25) is 4.79 Å². The normalized spacial score (nSPS) is 12.0. The van der Waals surface area contributed by atoms with Gasteiger partial charge in [-0.1, -0.05) is 30.3 Å². The van der Waals surface area contributed by atoms with Gasteiger partial charge in [-0.2, -0.15) is 4.31 Å². The molecule has 0 saturated heterocycles. The number of sulfonamides is 1. The van der Waals surface area contributed by atoms with Gasteiger partial charge in [0.05, 0.1) is 0 Å². The van der Waals surface area contributed by atoms with Gasteiger partial charge in [0.25, 0.3) is 10.0 Å². The van der Waals surface area contributed by atoms with Crippen LogP contribution in [-0.2, 0) is 16.6 Å². The van der Waals surface area contributed by atoms with Gasteiger partial charge in [0.1, 0.15) is 0 Å². The maximum absolute atomic E-state index is 12.6. The Balaban J connectivity index is 2.34. The number of carbonyl (C=O) groups is 1. The van der Waals surface area contributed by atoms with E-state index in [0.29, 0.717) is 6.29 Å². The average molecular weight is 307 g/mol. The van der Waals surface area contributed by atoms with Crippen molar-refractivity contribution in [2.24, 2.45) is 0 Å². The molecule has 0 aliphatic rings. The smallest absolute Gasteiger partial charge is 0.277 e. The number of aldehydes is 1. The number of rotatable bonds is 6. The molecule has 0 bridgehead atoms.